The van der Waals surface area contributed by atoms with Crippen molar-refractivity contribution in [3.63, 3.8) is 0 Å². The molecule has 6 aromatic heterocycles. The molecule has 0 N–H and O–H groups in total. The van der Waals surface area contributed by atoms with Crippen LogP contribution in [-0.4, -0.2) is 84.9 Å². The van der Waals surface area contributed by atoms with E-state index in [1.165, 1.54) is 24.3 Å². The summed E-state index contributed by atoms with van der Waals surface area (Å²) in [7, 11) is 3.09. The summed E-state index contributed by atoms with van der Waals surface area (Å²) in [4.78, 5) is 29.9. The van der Waals surface area contributed by atoms with Crippen LogP contribution in [0.4, 0.5) is 49.6 Å². The zero-order chi connectivity index (χ0) is 50.9. The van der Waals surface area contributed by atoms with Crippen molar-refractivity contribution in [3.05, 3.63) is 143 Å². The summed E-state index contributed by atoms with van der Waals surface area (Å²) in [5, 5.41) is 9.01. The number of halogens is 6. The molecule has 0 unspecified atom stereocenters. The van der Waals surface area contributed by atoms with Crippen molar-refractivity contribution >= 4 is 47.6 Å². The van der Waals surface area contributed by atoms with E-state index in [9.17, 15) is 26.3 Å². The Hall–Kier alpha value is -8.30. The maximum absolute atomic E-state index is 13.7. The van der Waals surface area contributed by atoms with Crippen LogP contribution in [0.5, 0.6) is 11.8 Å². The summed E-state index contributed by atoms with van der Waals surface area (Å²) >= 11 is 0. The third-order valence-electron chi connectivity index (χ3n) is 12.0. The summed E-state index contributed by atoms with van der Waals surface area (Å²) in [6.45, 7) is 8.70. The fourth-order valence-corrected chi connectivity index (χ4v) is 8.51. The third-order valence-corrected chi connectivity index (χ3v) is 12.0. The van der Waals surface area contributed by atoms with E-state index in [-0.39, 0.29) is 23.5 Å². The van der Waals surface area contributed by atoms with Gasteiger partial charge in [-0.15, -0.1) is 10.2 Å². The minimum Gasteiger partial charge on any atom is -0.479 e. The van der Waals surface area contributed by atoms with Crippen molar-refractivity contribution < 1.29 is 35.8 Å². The van der Waals surface area contributed by atoms with E-state index in [2.05, 4.69) is 40.1 Å². The smallest absolute Gasteiger partial charge is 0.418 e. The van der Waals surface area contributed by atoms with Crippen LogP contribution in [0.3, 0.4) is 0 Å². The number of aryl methyl sites for hydroxylation is 4. The van der Waals surface area contributed by atoms with Gasteiger partial charge in [0.1, 0.15) is 11.4 Å². The van der Waals surface area contributed by atoms with Gasteiger partial charge in [-0.1, -0.05) is 24.3 Å². The van der Waals surface area contributed by atoms with Crippen LogP contribution < -0.4 is 19.3 Å². The number of benzene rings is 2. The number of pyridine rings is 2. The Morgan fingerprint density at radius 3 is 1.29 bits per heavy atom. The molecule has 2 atom stereocenters. The number of para-hydroxylation sites is 2. The number of anilines is 4. The molecule has 0 bridgehead atoms. The Morgan fingerprint density at radius 2 is 0.931 bits per heavy atom. The summed E-state index contributed by atoms with van der Waals surface area (Å²) in [6, 6.07) is 18.1. The first-order valence-corrected chi connectivity index (χ1v) is 22.8. The molecule has 16 nitrogen and oxygen atoms in total. The van der Waals surface area contributed by atoms with Gasteiger partial charge in [0.05, 0.1) is 72.2 Å². The van der Waals surface area contributed by atoms with E-state index >= 15 is 0 Å². The van der Waals surface area contributed by atoms with Crippen molar-refractivity contribution in [2.24, 2.45) is 0 Å². The highest BCUT2D eigenvalue weighted by Gasteiger charge is 2.39. The summed E-state index contributed by atoms with van der Waals surface area (Å²) in [6.07, 6.45) is 6.30. The molecule has 2 aromatic carbocycles. The molecule has 0 fully saturated rings. The van der Waals surface area contributed by atoms with Gasteiger partial charge in [0.2, 0.25) is 23.7 Å². The lowest BCUT2D eigenvalue weighted by Crippen LogP contribution is -2.37. The number of aromatic nitrogens is 12. The zero-order valence-corrected chi connectivity index (χ0v) is 39.9. The molecule has 10 rings (SSSR count). The molecule has 2 aliphatic heterocycles. The van der Waals surface area contributed by atoms with Crippen LogP contribution in [0.25, 0.3) is 35.7 Å². The highest BCUT2D eigenvalue weighted by Crippen LogP contribution is 2.43. The van der Waals surface area contributed by atoms with Crippen molar-refractivity contribution in [3.8, 4) is 23.1 Å². The Labute approximate surface area is 409 Å². The van der Waals surface area contributed by atoms with Gasteiger partial charge in [-0.25, -0.2) is 29.3 Å². The van der Waals surface area contributed by atoms with Gasteiger partial charge in [-0.2, -0.15) is 36.3 Å². The first kappa shape index (κ1) is 48.7. The van der Waals surface area contributed by atoms with Crippen molar-refractivity contribution in [1.29, 1.82) is 0 Å². The maximum Gasteiger partial charge on any atom is 0.418 e. The van der Waals surface area contributed by atoms with Crippen LogP contribution in [0.1, 0.15) is 72.2 Å². The van der Waals surface area contributed by atoms with Gasteiger partial charge < -0.3 is 28.4 Å². The molecule has 8 heterocycles. The van der Waals surface area contributed by atoms with Gasteiger partial charge in [0.15, 0.2) is 11.6 Å². The van der Waals surface area contributed by atoms with Crippen LogP contribution in [0, 0.1) is 13.8 Å². The molecule has 8 aromatic rings. The molecule has 22 heteroatoms. The van der Waals surface area contributed by atoms with Crippen molar-refractivity contribution in [2.75, 3.05) is 24.0 Å². The Kier molecular flexibility index (Phi) is 13.4. The van der Waals surface area contributed by atoms with E-state index in [4.69, 9.17) is 9.47 Å². The molecule has 0 radical (unpaired) electrons. The standard InChI is InChI=1S/2C25H24F3N7O/c2*1-16-14-33(15-29-16)21-10-8-18(30-23(21)36-3)9-11-22-31-24-34(32-22)13-12-17(2)35(24)20-7-5-4-6-19(20)25(26,27)28/h2*4-11,14-15,17H,12-13H2,1-3H3/b2*11-9+/t2*17-/m10/s1. The van der Waals surface area contributed by atoms with E-state index in [0.29, 0.717) is 72.6 Å². The topological polar surface area (TPSA) is 148 Å². The maximum atomic E-state index is 13.7. The number of methoxy groups -OCH3 is 2. The number of nitrogens with zero attached hydrogens (tertiary/aromatic N) is 14. The lowest BCUT2D eigenvalue weighted by atomic mass is 10.1. The van der Waals surface area contributed by atoms with E-state index in [1.807, 2.05) is 73.5 Å². The lowest BCUT2D eigenvalue weighted by molar-refractivity contribution is -0.138. The predicted molar refractivity (Wildman–Crippen MR) is 259 cm³/mol. The average molecular weight is 991 g/mol. The van der Waals surface area contributed by atoms with Gasteiger partial charge in [0.25, 0.3) is 0 Å². The largest absolute Gasteiger partial charge is 0.479 e. The summed E-state index contributed by atoms with van der Waals surface area (Å²) in [5.74, 6) is 2.36. The van der Waals surface area contributed by atoms with Gasteiger partial charge >= 0.3 is 12.4 Å². The highest BCUT2D eigenvalue weighted by atomic mass is 19.4. The average Bonchev–Trinajstić information content (AvgIpc) is 4.19. The second-order valence-electron chi connectivity index (χ2n) is 17.1. The quantitative estimate of drug-likeness (QED) is 0.120. The molecule has 0 saturated carbocycles. The molecular formula is C50H48F6N14O2. The lowest BCUT2D eigenvalue weighted by Gasteiger charge is -2.35. The first-order chi connectivity index (χ1) is 34.5. The second kappa shape index (κ2) is 19.8. The molecule has 2 aliphatic rings. The number of hydrogen-bond donors (Lipinski definition) is 0. The van der Waals surface area contributed by atoms with Gasteiger partial charge in [-0.3, -0.25) is 0 Å². The van der Waals surface area contributed by atoms with Gasteiger partial charge in [0, 0.05) is 37.6 Å². The molecule has 72 heavy (non-hydrogen) atoms. The summed E-state index contributed by atoms with van der Waals surface area (Å²) < 4.78 is 100. The third kappa shape index (κ3) is 10.1. The highest BCUT2D eigenvalue weighted by molar-refractivity contribution is 5.70. The van der Waals surface area contributed by atoms with Crippen LogP contribution in [-0.2, 0) is 25.4 Å². The van der Waals surface area contributed by atoms with Crippen molar-refractivity contribution in [2.45, 2.75) is 78.1 Å². The molecule has 0 amide bonds. The molecule has 0 saturated heterocycles. The van der Waals surface area contributed by atoms with E-state index < -0.39 is 23.5 Å². The molecule has 372 valence electrons. The first-order valence-electron chi connectivity index (χ1n) is 22.8. The van der Waals surface area contributed by atoms with E-state index in [1.54, 1.807) is 82.5 Å². The summed E-state index contributed by atoms with van der Waals surface area (Å²) in [5.41, 5.74) is 3.22. The minimum absolute atomic E-state index is 0.0677. The van der Waals surface area contributed by atoms with Crippen molar-refractivity contribution in [1.82, 2.24) is 58.6 Å². The number of imidazole rings is 2. The zero-order valence-electron chi connectivity index (χ0n) is 39.9. The number of fused-ring (bicyclic) bond motifs is 2. The Morgan fingerprint density at radius 1 is 0.528 bits per heavy atom. The molecule has 0 aliphatic carbocycles. The molecular weight excluding hydrogens is 943 g/mol. The van der Waals surface area contributed by atoms with Gasteiger partial charge in [-0.05, 0) is 113 Å². The van der Waals surface area contributed by atoms with Crippen LogP contribution in [0.15, 0.2) is 97.8 Å². The Bertz CT molecular complexity index is 3060. The second-order valence-corrected chi connectivity index (χ2v) is 17.1. The number of hydrogen-bond acceptors (Lipinski definition) is 12. The van der Waals surface area contributed by atoms with Crippen LogP contribution >= 0.6 is 0 Å². The predicted octanol–water partition coefficient (Wildman–Crippen LogP) is 10.6. The number of alkyl halides is 6. The normalized spacial score (nSPS) is 15.9. The fourth-order valence-electron chi connectivity index (χ4n) is 8.51. The molecule has 0 spiro atoms. The monoisotopic (exact) mass is 990 g/mol. The van der Waals surface area contributed by atoms with Crippen LogP contribution in [0.2, 0.25) is 0 Å². The minimum atomic E-state index is -4.48. The van der Waals surface area contributed by atoms with E-state index in [0.717, 1.165) is 34.9 Å². The fraction of sp³-hybridized carbons (Fsp3) is 0.280. The number of ether oxygens (including phenoxy) is 2. The Balaban J connectivity index is 0.000000178. The number of rotatable bonds is 10. The SMILES string of the molecule is COc1nc(/C=C/c2nc3n(n2)CC[C@@H](C)N3c2ccccc2C(F)(F)F)ccc1-n1cnc(C)c1.COc1nc(/C=C/c2nc3n(n2)CC[C@H](C)N3c2ccccc2C(F)(F)F)ccc1-n1cnc(C)c1.